The molecule has 0 bridgehead atoms. The Kier molecular flexibility index (Phi) is 8.38. The summed E-state index contributed by atoms with van der Waals surface area (Å²) in [6.07, 6.45) is 5.90. The summed E-state index contributed by atoms with van der Waals surface area (Å²) < 4.78 is 4.99. The molecule has 0 amide bonds. The summed E-state index contributed by atoms with van der Waals surface area (Å²) >= 11 is 0. The molecule has 0 unspecified atom stereocenters. The van der Waals surface area contributed by atoms with Crippen LogP contribution in [0, 0.1) is 0 Å². The molecule has 0 radical (unpaired) electrons. The zero-order valence-corrected chi connectivity index (χ0v) is 11.6. The van der Waals surface area contributed by atoms with Gasteiger partial charge in [-0.1, -0.05) is 6.07 Å². The number of unbranched alkanes of at least 4 members (excludes halogenated alkanes) is 2. The van der Waals surface area contributed by atoms with Crippen LogP contribution in [0.1, 0.15) is 25.0 Å². The number of rotatable bonds is 9. The summed E-state index contributed by atoms with van der Waals surface area (Å²) in [6, 6.07) is 5.90. The van der Waals surface area contributed by atoms with Gasteiger partial charge in [-0.05, 0) is 31.4 Å². The van der Waals surface area contributed by atoms with Crippen molar-refractivity contribution >= 4 is 5.96 Å². The minimum Gasteiger partial charge on any atom is -0.385 e. The molecule has 0 spiro atoms. The maximum Gasteiger partial charge on any atom is 0.188 e. The molecular weight excluding hydrogens is 240 g/mol. The van der Waals surface area contributed by atoms with E-state index >= 15 is 0 Å². The second-order valence-corrected chi connectivity index (χ2v) is 4.32. The van der Waals surface area contributed by atoms with Crippen molar-refractivity contribution in [2.75, 3.05) is 26.8 Å². The molecule has 106 valence electrons. The van der Waals surface area contributed by atoms with Crippen molar-refractivity contribution in [1.29, 1.82) is 0 Å². The van der Waals surface area contributed by atoms with Crippen LogP contribution in [0.2, 0.25) is 0 Å². The molecule has 0 saturated heterocycles. The number of nitrogens with two attached hydrogens (primary N) is 1. The maximum atomic E-state index is 5.77. The van der Waals surface area contributed by atoms with Gasteiger partial charge in [0.2, 0.25) is 0 Å². The fourth-order valence-corrected chi connectivity index (χ4v) is 1.66. The third-order valence-electron chi connectivity index (χ3n) is 2.70. The van der Waals surface area contributed by atoms with Gasteiger partial charge in [0, 0.05) is 45.1 Å². The van der Waals surface area contributed by atoms with Crippen LogP contribution in [0.4, 0.5) is 0 Å². The number of ether oxygens (including phenoxy) is 1. The van der Waals surface area contributed by atoms with Crippen molar-refractivity contribution in [1.82, 2.24) is 10.3 Å². The minimum atomic E-state index is 0.516. The zero-order valence-electron chi connectivity index (χ0n) is 11.6. The van der Waals surface area contributed by atoms with Gasteiger partial charge in [-0.3, -0.25) is 9.98 Å². The van der Waals surface area contributed by atoms with Gasteiger partial charge in [-0.15, -0.1) is 0 Å². The topological polar surface area (TPSA) is 72.5 Å². The Morgan fingerprint density at radius 2 is 2.26 bits per heavy atom. The van der Waals surface area contributed by atoms with E-state index < -0.39 is 0 Å². The van der Waals surface area contributed by atoms with Crippen LogP contribution >= 0.6 is 0 Å². The highest BCUT2D eigenvalue weighted by atomic mass is 16.5. The molecule has 0 atom stereocenters. The highest BCUT2D eigenvalue weighted by molar-refractivity contribution is 5.77. The fourth-order valence-electron chi connectivity index (χ4n) is 1.66. The number of aromatic nitrogens is 1. The molecule has 1 aromatic rings. The molecular formula is C14H24N4O. The monoisotopic (exact) mass is 264 g/mol. The second-order valence-electron chi connectivity index (χ2n) is 4.32. The Morgan fingerprint density at radius 3 is 3.00 bits per heavy atom. The fraction of sp³-hybridized carbons (Fsp3) is 0.571. The molecule has 3 N–H and O–H groups in total. The van der Waals surface area contributed by atoms with Crippen LogP contribution in [0.25, 0.3) is 0 Å². The molecule has 0 aliphatic heterocycles. The zero-order chi connectivity index (χ0) is 13.8. The number of aliphatic imine (C=N–C) groups is 1. The highest BCUT2D eigenvalue weighted by Gasteiger charge is 1.94. The van der Waals surface area contributed by atoms with Crippen LogP contribution in [0.3, 0.4) is 0 Å². The first-order chi connectivity index (χ1) is 9.33. The van der Waals surface area contributed by atoms with E-state index in [1.165, 1.54) is 0 Å². The summed E-state index contributed by atoms with van der Waals surface area (Å²) in [6.45, 7) is 2.35. The molecule has 5 nitrogen and oxygen atoms in total. The summed E-state index contributed by atoms with van der Waals surface area (Å²) in [7, 11) is 1.72. The average Bonchev–Trinajstić information content (AvgIpc) is 2.44. The lowest BCUT2D eigenvalue weighted by Crippen LogP contribution is -2.33. The number of nitrogens with one attached hydrogen (secondary N) is 1. The Bertz CT molecular complexity index is 354. The lowest BCUT2D eigenvalue weighted by Gasteiger charge is -2.05. The van der Waals surface area contributed by atoms with Gasteiger partial charge >= 0.3 is 0 Å². The average molecular weight is 264 g/mol. The largest absolute Gasteiger partial charge is 0.385 e. The highest BCUT2D eigenvalue weighted by Crippen LogP contribution is 1.95. The minimum absolute atomic E-state index is 0.516. The van der Waals surface area contributed by atoms with Gasteiger partial charge in [0.25, 0.3) is 0 Å². The Morgan fingerprint density at radius 1 is 1.37 bits per heavy atom. The predicted octanol–water partition coefficient (Wildman–Crippen LogP) is 1.35. The van der Waals surface area contributed by atoms with Crippen LogP contribution in [0.15, 0.2) is 29.4 Å². The number of guanidine groups is 1. The smallest absolute Gasteiger partial charge is 0.188 e. The van der Waals surface area contributed by atoms with Crippen LogP contribution < -0.4 is 11.1 Å². The van der Waals surface area contributed by atoms with Gasteiger partial charge in [0.1, 0.15) is 0 Å². The van der Waals surface area contributed by atoms with Gasteiger partial charge in [-0.25, -0.2) is 0 Å². The molecule has 1 rings (SSSR count). The number of hydrogen-bond acceptors (Lipinski definition) is 3. The normalized spacial score (nSPS) is 11.5. The molecule has 1 aromatic heterocycles. The number of methoxy groups -OCH3 is 1. The van der Waals surface area contributed by atoms with Crippen molar-refractivity contribution in [3.05, 3.63) is 30.1 Å². The molecule has 0 aliphatic carbocycles. The van der Waals surface area contributed by atoms with Crippen molar-refractivity contribution in [2.45, 2.75) is 25.7 Å². The number of pyridine rings is 1. The second kappa shape index (κ2) is 10.3. The first kappa shape index (κ1) is 15.4. The van der Waals surface area contributed by atoms with Crippen molar-refractivity contribution in [2.24, 2.45) is 10.7 Å². The van der Waals surface area contributed by atoms with E-state index in [0.29, 0.717) is 5.96 Å². The quantitative estimate of drug-likeness (QED) is 0.401. The molecule has 0 aliphatic rings. The van der Waals surface area contributed by atoms with Gasteiger partial charge in [-0.2, -0.15) is 0 Å². The van der Waals surface area contributed by atoms with Crippen LogP contribution in [-0.2, 0) is 11.2 Å². The lowest BCUT2D eigenvalue weighted by atomic mass is 10.2. The molecule has 5 heteroatoms. The summed E-state index contributed by atoms with van der Waals surface area (Å²) in [5.41, 5.74) is 6.83. The Balaban J connectivity index is 2.05. The van der Waals surface area contributed by atoms with Gasteiger partial charge in [0.15, 0.2) is 5.96 Å². The summed E-state index contributed by atoms with van der Waals surface area (Å²) in [5, 5.41) is 3.10. The Labute approximate surface area is 115 Å². The van der Waals surface area contributed by atoms with E-state index in [2.05, 4.69) is 15.3 Å². The third-order valence-corrected chi connectivity index (χ3v) is 2.70. The van der Waals surface area contributed by atoms with E-state index in [9.17, 15) is 0 Å². The van der Waals surface area contributed by atoms with E-state index in [1.54, 1.807) is 13.3 Å². The molecule has 0 saturated carbocycles. The molecule has 19 heavy (non-hydrogen) atoms. The number of hydrogen-bond donors (Lipinski definition) is 2. The van der Waals surface area contributed by atoms with Crippen LogP contribution in [-0.4, -0.2) is 37.7 Å². The molecule has 0 fully saturated rings. The van der Waals surface area contributed by atoms with Crippen molar-refractivity contribution in [3.63, 3.8) is 0 Å². The SMILES string of the molecule is COCCCCCN=C(N)NCCc1ccccn1. The number of nitrogens with zero attached hydrogens (tertiary/aromatic N) is 2. The first-order valence-corrected chi connectivity index (χ1v) is 6.75. The van der Waals surface area contributed by atoms with E-state index in [-0.39, 0.29) is 0 Å². The van der Waals surface area contributed by atoms with Gasteiger partial charge < -0.3 is 15.8 Å². The van der Waals surface area contributed by atoms with Gasteiger partial charge in [0.05, 0.1) is 0 Å². The third kappa shape index (κ3) is 8.15. The Hall–Kier alpha value is -1.62. The molecule has 0 aromatic carbocycles. The predicted molar refractivity (Wildman–Crippen MR) is 78.2 cm³/mol. The first-order valence-electron chi connectivity index (χ1n) is 6.75. The van der Waals surface area contributed by atoms with Crippen LogP contribution in [0.5, 0.6) is 0 Å². The van der Waals surface area contributed by atoms with E-state index in [0.717, 1.165) is 51.1 Å². The standard InChI is InChI=1S/C14H24N4O/c1-19-12-6-2-4-10-17-14(15)18-11-8-13-7-3-5-9-16-13/h3,5,7,9H,2,4,6,8,10-12H2,1H3,(H3,15,17,18). The lowest BCUT2D eigenvalue weighted by molar-refractivity contribution is 0.192. The van der Waals surface area contributed by atoms with Crippen molar-refractivity contribution in [3.8, 4) is 0 Å². The molecule has 1 heterocycles. The van der Waals surface area contributed by atoms with E-state index in [4.69, 9.17) is 10.5 Å². The maximum absolute atomic E-state index is 5.77. The summed E-state index contributed by atoms with van der Waals surface area (Å²) in [5.74, 6) is 0.516. The summed E-state index contributed by atoms with van der Waals surface area (Å²) in [4.78, 5) is 8.52. The van der Waals surface area contributed by atoms with E-state index in [1.807, 2.05) is 18.2 Å². The van der Waals surface area contributed by atoms with Crippen molar-refractivity contribution < 1.29 is 4.74 Å².